The third-order valence-corrected chi connectivity index (χ3v) is 5.30. The Balaban J connectivity index is 1.79. The number of fused-ring (bicyclic) bond motifs is 4. The Morgan fingerprint density at radius 2 is 2.03 bits per heavy atom. The number of H-pyrrole nitrogens is 1. The molecule has 2 N–H and O–H groups in total. The molecule has 1 unspecified atom stereocenters. The summed E-state index contributed by atoms with van der Waals surface area (Å²) in [4.78, 5) is 21.1. The normalized spacial score (nSPS) is 16.0. The van der Waals surface area contributed by atoms with E-state index in [1.165, 1.54) is 0 Å². The molecule has 2 aromatic carbocycles. The smallest absolute Gasteiger partial charge is 0.338 e. The van der Waals surface area contributed by atoms with Gasteiger partial charge >= 0.3 is 5.97 Å². The third kappa shape index (κ3) is 2.64. The minimum absolute atomic E-state index is 0.160. The van der Waals surface area contributed by atoms with E-state index in [1.807, 2.05) is 55.6 Å². The zero-order chi connectivity index (χ0) is 20.0. The number of nitrogens with zero attached hydrogens (tertiary/aromatic N) is 2. The third-order valence-electron chi connectivity index (χ3n) is 5.30. The number of rotatable bonds is 4. The second-order valence-electron chi connectivity index (χ2n) is 7.04. The number of esters is 1. The molecule has 1 aliphatic rings. The Labute approximate surface area is 167 Å². The molecule has 0 fully saturated rings. The molecule has 0 amide bonds. The van der Waals surface area contributed by atoms with E-state index in [0.29, 0.717) is 11.5 Å². The van der Waals surface area contributed by atoms with Crippen LogP contribution in [0.25, 0.3) is 21.9 Å². The van der Waals surface area contributed by atoms with Gasteiger partial charge in [0.2, 0.25) is 5.95 Å². The number of carbonyl (C=O) groups is 1. The summed E-state index contributed by atoms with van der Waals surface area (Å²) < 4.78 is 7.52. The molecule has 144 valence electrons. The zero-order valence-electron chi connectivity index (χ0n) is 16.0. The quantitative estimate of drug-likeness (QED) is 0.400. The van der Waals surface area contributed by atoms with E-state index in [-0.39, 0.29) is 18.6 Å². The maximum Gasteiger partial charge on any atom is 0.338 e. The SMILES string of the molecule is C=CCOC(=O)C1=C(C)Nc2nc3ccccc3n2C1c1c[nH]c2ccccc12. The average Bonchev–Trinajstić information content (AvgIpc) is 3.32. The molecule has 6 heteroatoms. The topological polar surface area (TPSA) is 71.9 Å². The summed E-state index contributed by atoms with van der Waals surface area (Å²) in [6.07, 6.45) is 3.54. The minimum Gasteiger partial charge on any atom is -0.458 e. The molecule has 0 bridgehead atoms. The number of aromatic nitrogens is 3. The summed E-state index contributed by atoms with van der Waals surface area (Å²) in [7, 11) is 0. The van der Waals surface area contributed by atoms with Crippen molar-refractivity contribution in [1.29, 1.82) is 0 Å². The number of hydrogen-bond donors (Lipinski definition) is 2. The Morgan fingerprint density at radius 3 is 2.90 bits per heavy atom. The number of para-hydroxylation sites is 3. The summed E-state index contributed by atoms with van der Waals surface area (Å²) in [5.41, 5.74) is 5.13. The minimum atomic E-state index is -0.368. The Kier molecular flexibility index (Phi) is 3.98. The molecule has 4 aromatic rings. The van der Waals surface area contributed by atoms with Crippen molar-refractivity contribution in [3.63, 3.8) is 0 Å². The molecule has 5 rings (SSSR count). The number of allylic oxidation sites excluding steroid dienone is 1. The molecule has 3 heterocycles. The number of hydrogen-bond acceptors (Lipinski definition) is 4. The standard InChI is InChI=1S/C23H20N4O2/c1-3-12-29-22(28)20-14(2)25-23-26-18-10-6-7-11-19(18)27(23)21(20)16-13-24-17-9-5-4-8-15(16)17/h3-11,13,21,24H,1,12H2,2H3,(H,25,26). The van der Waals surface area contributed by atoms with Crippen LogP contribution in [0.15, 0.2) is 78.7 Å². The number of aromatic amines is 1. The lowest BCUT2D eigenvalue weighted by atomic mass is 9.94. The molecular formula is C23H20N4O2. The van der Waals surface area contributed by atoms with Crippen LogP contribution in [0, 0.1) is 0 Å². The fraction of sp³-hybridized carbons (Fsp3) is 0.130. The van der Waals surface area contributed by atoms with Crippen LogP contribution < -0.4 is 5.32 Å². The van der Waals surface area contributed by atoms with Crippen molar-refractivity contribution in [2.45, 2.75) is 13.0 Å². The van der Waals surface area contributed by atoms with E-state index < -0.39 is 0 Å². The van der Waals surface area contributed by atoms with Crippen molar-refractivity contribution in [1.82, 2.24) is 14.5 Å². The number of nitrogens with one attached hydrogen (secondary N) is 2. The van der Waals surface area contributed by atoms with Crippen molar-refractivity contribution in [3.8, 4) is 0 Å². The van der Waals surface area contributed by atoms with Crippen LogP contribution in [0.1, 0.15) is 18.5 Å². The number of carbonyl (C=O) groups excluding carboxylic acids is 1. The van der Waals surface area contributed by atoms with Crippen LogP contribution in [-0.2, 0) is 9.53 Å². The first-order valence-electron chi connectivity index (χ1n) is 9.48. The monoisotopic (exact) mass is 384 g/mol. The van der Waals surface area contributed by atoms with Crippen molar-refractivity contribution < 1.29 is 9.53 Å². The summed E-state index contributed by atoms with van der Waals surface area (Å²) in [6.45, 7) is 5.69. The summed E-state index contributed by atoms with van der Waals surface area (Å²) >= 11 is 0. The maximum atomic E-state index is 13.1. The molecule has 0 aliphatic carbocycles. The van der Waals surface area contributed by atoms with Crippen LogP contribution in [0.3, 0.4) is 0 Å². The molecule has 1 aliphatic heterocycles. The Hall–Kier alpha value is -3.80. The predicted octanol–water partition coefficient (Wildman–Crippen LogP) is 4.54. The van der Waals surface area contributed by atoms with Gasteiger partial charge < -0.3 is 15.0 Å². The first-order valence-corrected chi connectivity index (χ1v) is 9.48. The highest BCUT2D eigenvalue weighted by atomic mass is 16.5. The molecule has 29 heavy (non-hydrogen) atoms. The van der Waals surface area contributed by atoms with E-state index in [2.05, 4.69) is 27.5 Å². The van der Waals surface area contributed by atoms with Crippen LogP contribution in [0.4, 0.5) is 5.95 Å². The van der Waals surface area contributed by atoms with Gasteiger partial charge in [0.25, 0.3) is 0 Å². The largest absolute Gasteiger partial charge is 0.458 e. The molecule has 0 spiro atoms. The van der Waals surface area contributed by atoms with Gasteiger partial charge in [0, 0.05) is 28.4 Å². The lowest BCUT2D eigenvalue weighted by molar-refractivity contribution is -0.138. The zero-order valence-corrected chi connectivity index (χ0v) is 16.0. The predicted molar refractivity (Wildman–Crippen MR) is 114 cm³/mol. The van der Waals surface area contributed by atoms with Gasteiger partial charge in [-0.3, -0.25) is 4.57 Å². The van der Waals surface area contributed by atoms with Gasteiger partial charge in [0.15, 0.2) is 0 Å². The van der Waals surface area contributed by atoms with Gasteiger partial charge in [-0.1, -0.05) is 43.0 Å². The van der Waals surface area contributed by atoms with Crippen molar-refractivity contribution in [2.75, 3.05) is 11.9 Å². The summed E-state index contributed by atoms with van der Waals surface area (Å²) in [5, 5.41) is 4.35. The van der Waals surface area contributed by atoms with Crippen molar-refractivity contribution >= 4 is 33.9 Å². The highest BCUT2D eigenvalue weighted by Gasteiger charge is 2.36. The van der Waals surface area contributed by atoms with Crippen molar-refractivity contribution in [2.24, 2.45) is 0 Å². The molecule has 0 saturated heterocycles. The first-order chi connectivity index (χ1) is 14.2. The van der Waals surface area contributed by atoms with Gasteiger partial charge in [-0.2, -0.15) is 0 Å². The highest BCUT2D eigenvalue weighted by molar-refractivity contribution is 5.96. The van der Waals surface area contributed by atoms with E-state index in [1.54, 1.807) is 6.08 Å². The van der Waals surface area contributed by atoms with Crippen molar-refractivity contribution in [3.05, 3.63) is 84.2 Å². The summed E-state index contributed by atoms with van der Waals surface area (Å²) in [5.74, 6) is 0.341. The Morgan fingerprint density at radius 1 is 1.24 bits per heavy atom. The summed E-state index contributed by atoms with van der Waals surface area (Å²) in [6, 6.07) is 15.6. The molecule has 0 saturated carbocycles. The van der Waals surface area contributed by atoms with E-state index in [9.17, 15) is 4.79 Å². The molecular weight excluding hydrogens is 364 g/mol. The fourth-order valence-electron chi connectivity index (χ4n) is 4.06. The van der Waals surface area contributed by atoms with E-state index in [0.717, 1.165) is 33.2 Å². The molecule has 6 nitrogen and oxygen atoms in total. The molecule has 2 aromatic heterocycles. The second kappa shape index (κ2) is 6.67. The van der Waals surface area contributed by atoms with Crippen LogP contribution in [-0.4, -0.2) is 27.1 Å². The fourth-order valence-corrected chi connectivity index (χ4v) is 4.06. The first kappa shape index (κ1) is 17.3. The van der Waals surface area contributed by atoms with Gasteiger partial charge in [-0.25, -0.2) is 9.78 Å². The number of ether oxygens (including phenoxy) is 1. The van der Waals surface area contributed by atoms with Gasteiger partial charge in [-0.15, -0.1) is 0 Å². The van der Waals surface area contributed by atoms with Gasteiger partial charge in [0.1, 0.15) is 6.61 Å². The van der Waals surface area contributed by atoms with Gasteiger partial charge in [-0.05, 0) is 25.1 Å². The number of imidazole rings is 1. The molecule has 1 atom stereocenters. The van der Waals surface area contributed by atoms with Gasteiger partial charge in [0.05, 0.1) is 22.6 Å². The van der Waals surface area contributed by atoms with E-state index >= 15 is 0 Å². The number of anilines is 1. The van der Waals surface area contributed by atoms with E-state index in [4.69, 9.17) is 9.72 Å². The van der Waals surface area contributed by atoms with Crippen LogP contribution in [0.2, 0.25) is 0 Å². The lowest BCUT2D eigenvalue weighted by Crippen LogP contribution is -2.28. The molecule has 0 radical (unpaired) electrons. The van der Waals surface area contributed by atoms with Crippen LogP contribution >= 0.6 is 0 Å². The Bertz CT molecular complexity index is 1290. The van der Waals surface area contributed by atoms with Crippen LogP contribution in [0.5, 0.6) is 0 Å². The number of benzene rings is 2. The average molecular weight is 384 g/mol. The highest BCUT2D eigenvalue weighted by Crippen LogP contribution is 2.41. The second-order valence-corrected chi connectivity index (χ2v) is 7.04. The lowest BCUT2D eigenvalue weighted by Gasteiger charge is -2.29. The maximum absolute atomic E-state index is 13.1.